The number of fused-ring (bicyclic) bond motifs is 1. The summed E-state index contributed by atoms with van der Waals surface area (Å²) in [6, 6.07) is 6.65. The summed E-state index contributed by atoms with van der Waals surface area (Å²) < 4.78 is 0. The van der Waals surface area contributed by atoms with E-state index in [4.69, 9.17) is 0 Å². The first kappa shape index (κ1) is 12.5. The Hall–Kier alpha value is -1.54. The van der Waals surface area contributed by atoms with Crippen LogP contribution < -0.4 is 0 Å². The SMILES string of the molecule is CC(C)c1cccc2c(C3=CCCN(C)C3)c[nH]c12. The zero-order valence-corrected chi connectivity index (χ0v) is 12.0. The molecule has 2 heteroatoms. The molecule has 0 spiro atoms. The lowest BCUT2D eigenvalue weighted by atomic mass is 9.96. The van der Waals surface area contributed by atoms with Crippen LogP contribution in [-0.4, -0.2) is 30.0 Å². The Morgan fingerprint density at radius 1 is 1.26 bits per heavy atom. The van der Waals surface area contributed by atoms with Gasteiger partial charge >= 0.3 is 0 Å². The maximum atomic E-state index is 3.49. The lowest BCUT2D eigenvalue weighted by molar-refractivity contribution is 0.373. The van der Waals surface area contributed by atoms with Crippen LogP contribution in [0.15, 0.2) is 30.5 Å². The van der Waals surface area contributed by atoms with Crippen molar-refractivity contribution in [2.24, 2.45) is 0 Å². The van der Waals surface area contributed by atoms with E-state index in [0.717, 1.165) is 13.0 Å². The van der Waals surface area contributed by atoms with Gasteiger partial charge in [-0.1, -0.05) is 38.1 Å². The topological polar surface area (TPSA) is 19.0 Å². The predicted molar refractivity (Wildman–Crippen MR) is 82.5 cm³/mol. The molecule has 0 bridgehead atoms. The van der Waals surface area contributed by atoms with E-state index < -0.39 is 0 Å². The third-order valence-corrected chi connectivity index (χ3v) is 4.06. The van der Waals surface area contributed by atoms with Crippen LogP contribution in [0, 0.1) is 0 Å². The van der Waals surface area contributed by atoms with Gasteiger partial charge in [-0.2, -0.15) is 0 Å². The molecule has 1 aliphatic heterocycles. The molecule has 1 aliphatic rings. The van der Waals surface area contributed by atoms with Gasteiger partial charge in [-0.15, -0.1) is 0 Å². The predicted octanol–water partition coefficient (Wildman–Crippen LogP) is 4.01. The van der Waals surface area contributed by atoms with Crippen LogP contribution in [-0.2, 0) is 0 Å². The molecule has 100 valence electrons. The van der Waals surface area contributed by atoms with E-state index >= 15 is 0 Å². The van der Waals surface area contributed by atoms with Crippen LogP contribution in [0.4, 0.5) is 0 Å². The first-order valence-corrected chi connectivity index (χ1v) is 7.14. The summed E-state index contributed by atoms with van der Waals surface area (Å²) in [4.78, 5) is 5.88. The molecule has 0 atom stereocenters. The highest BCUT2D eigenvalue weighted by molar-refractivity contribution is 5.95. The molecule has 0 aliphatic carbocycles. The number of aromatic amines is 1. The van der Waals surface area contributed by atoms with Crippen LogP contribution in [0.25, 0.3) is 16.5 Å². The Labute approximate surface area is 115 Å². The van der Waals surface area contributed by atoms with Crippen LogP contribution in [0.5, 0.6) is 0 Å². The average Bonchev–Trinajstić information content (AvgIpc) is 2.82. The summed E-state index contributed by atoms with van der Waals surface area (Å²) in [5, 5.41) is 1.37. The smallest absolute Gasteiger partial charge is 0.0495 e. The van der Waals surface area contributed by atoms with Crippen molar-refractivity contribution >= 4 is 16.5 Å². The van der Waals surface area contributed by atoms with Gasteiger partial charge in [0.25, 0.3) is 0 Å². The number of hydrogen-bond acceptors (Lipinski definition) is 1. The second kappa shape index (κ2) is 4.86. The Bertz CT molecular complexity index is 619. The quantitative estimate of drug-likeness (QED) is 0.858. The van der Waals surface area contributed by atoms with Crippen molar-refractivity contribution < 1.29 is 0 Å². The summed E-state index contributed by atoms with van der Waals surface area (Å²) in [5.74, 6) is 0.554. The molecule has 2 aromatic rings. The van der Waals surface area contributed by atoms with Crippen LogP contribution in [0.2, 0.25) is 0 Å². The molecule has 0 radical (unpaired) electrons. The van der Waals surface area contributed by atoms with Crippen molar-refractivity contribution in [1.82, 2.24) is 9.88 Å². The van der Waals surface area contributed by atoms with Gasteiger partial charge < -0.3 is 9.88 Å². The van der Waals surface area contributed by atoms with E-state index in [9.17, 15) is 0 Å². The van der Waals surface area contributed by atoms with E-state index in [1.165, 1.54) is 34.1 Å². The summed E-state index contributed by atoms with van der Waals surface area (Å²) in [6.45, 7) is 6.73. The highest BCUT2D eigenvalue weighted by Gasteiger charge is 2.15. The molecule has 1 aromatic carbocycles. The van der Waals surface area contributed by atoms with Gasteiger partial charge in [0.05, 0.1) is 0 Å². The lowest BCUT2D eigenvalue weighted by Crippen LogP contribution is -2.24. The molecule has 2 nitrogen and oxygen atoms in total. The number of aromatic nitrogens is 1. The Kier molecular flexibility index (Phi) is 3.19. The van der Waals surface area contributed by atoms with Crippen molar-refractivity contribution in [2.45, 2.75) is 26.2 Å². The first-order valence-electron chi connectivity index (χ1n) is 7.14. The molecule has 0 amide bonds. The minimum absolute atomic E-state index is 0.554. The minimum atomic E-state index is 0.554. The number of hydrogen-bond donors (Lipinski definition) is 1. The minimum Gasteiger partial charge on any atom is -0.360 e. The molecule has 1 aromatic heterocycles. The standard InChI is InChI=1S/C17H22N2/c1-12(2)14-7-4-8-15-16(10-18-17(14)15)13-6-5-9-19(3)11-13/h4,6-8,10,12,18H,5,9,11H2,1-3H3. The molecular formula is C17H22N2. The highest BCUT2D eigenvalue weighted by atomic mass is 15.1. The molecule has 0 unspecified atom stereocenters. The van der Waals surface area contributed by atoms with Gasteiger partial charge in [-0.05, 0) is 30.5 Å². The summed E-state index contributed by atoms with van der Waals surface area (Å²) in [7, 11) is 2.20. The number of benzene rings is 1. The number of likely N-dealkylation sites (N-methyl/N-ethyl adjacent to an activating group) is 1. The molecule has 0 fully saturated rings. The van der Waals surface area contributed by atoms with E-state index in [2.05, 4.69) is 61.3 Å². The highest BCUT2D eigenvalue weighted by Crippen LogP contribution is 2.31. The van der Waals surface area contributed by atoms with Crippen molar-refractivity contribution in [3.63, 3.8) is 0 Å². The fourth-order valence-electron chi connectivity index (χ4n) is 3.01. The van der Waals surface area contributed by atoms with Gasteiger partial charge in [-0.25, -0.2) is 0 Å². The van der Waals surface area contributed by atoms with E-state index in [1.807, 2.05) is 0 Å². The van der Waals surface area contributed by atoms with E-state index in [-0.39, 0.29) is 0 Å². The maximum Gasteiger partial charge on any atom is 0.0495 e. The first-order chi connectivity index (χ1) is 9.16. The van der Waals surface area contributed by atoms with Gasteiger partial charge in [0, 0.05) is 35.8 Å². The molecule has 0 saturated carbocycles. The third-order valence-electron chi connectivity index (χ3n) is 4.06. The average molecular weight is 254 g/mol. The molecule has 2 heterocycles. The second-order valence-corrected chi connectivity index (χ2v) is 5.88. The van der Waals surface area contributed by atoms with E-state index in [1.54, 1.807) is 0 Å². The molecule has 0 saturated heterocycles. The Morgan fingerprint density at radius 2 is 2.11 bits per heavy atom. The van der Waals surface area contributed by atoms with Gasteiger partial charge in [0.15, 0.2) is 0 Å². The van der Waals surface area contributed by atoms with E-state index in [0.29, 0.717) is 5.92 Å². The molecule has 19 heavy (non-hydrogen) atoms. The summed E-state index contributed by atoms with van der Waals surface area (Å²) in [6.07, 6.45) is 5.73. The van der Waals surface area contributed by atoms with Crippen molar-refractivity contribution in [1.29, 1.82) is 0 Å². The van der Waals surface area contributed by atoms with Crippen LogP contribution >= 0.6 is 0 Å². The van der Waals surface area contributed by atoms with Crippen molar-refractivity contribution in [3.8, 4) is 0 Å². The molecule has 1 N–H and O–H groups in total. The lowest BCUT2D eigenvalue weighted by Gasteiger charge is -2.22. The molecular weight excluding hydrogens is 232 g/mol. The Morgan fingerprint density at radius 3 is 2.84 bits per heavy atom. The second-order valence-electron chi connectivity index (χ2n) is 5.88. The van der Waals surface area contributed by atoms with Crippen molar-refractivity contribution in [3.05, 3.63) is 41.6 Å². The van der Waals surface area contributed by atoms with Crippen LogP contribution in [0.3, 0.4) is 0 Å². The number of para-hydroxylation sites is 1. The van der Waals surface area contributed by atoms with Gasteiger partial charge in [0.1, 0.15) is 0 Å². The Balaban J connectivity index is 2.11. The maximum absolute atomic E-state index is 3.49. The number of rotatable bonds is 2. The fourth-order valence-corrected chi connectivity index (χ4v) is 3.01. The third kappa shape index (κ3) is 2.21. The summed E-state index contributed by atoms with van der Waals surface area (Å²) in [5.41, 5.74) is 5.56. The van der Waals surface area contributed by atoms with Gasteiger partial charge in [0.2, 0.25) is 0 Å². The monoisotopic (exact) mass is 254 g/mol. The van der Waals surface area contributed by atoms with Gasteiger partial charge in [-0.3, -0.25) is 0 Å². The number of nitrogens with one attached hydrogen (secondary N) is 1. The normalized spacial score (nSPS) is 17.2. The summed E-state index contributed by atoms with van der Waals surface area (Å²) >= 11 is 0. The fraction of sp³-hybridized carbons (Fsp3) is 0.412. The zero-order chi connectivity index (χ0) is 13.4. The van der Waals surface area contributed by atoms with Crippen molar-refractivity contribution in [2.75, 3.05) is 20.1 Å². The number of H-pyrrole nitrogens is 1. The van der Waals surface area contributed by atoms with Crippen LogP contribution in [0.1, 0.15) is 37.3 Å². The molecule has 3 rings (SSSR count). The largest absolute Gasteiger partial charge is 0.360 e. The number of nitrogens with zero attached hydrogens (tertiary/aromatic N) is 1. The zero-order valence-electron chi connectivity index (χ0n) is 12.0.